The Balaban J connectivity index is 1.36. The number of amides is 1. The Hall–Kier alpha value is -3.33. The van der Waals surface area contributed by atoms with Gasteiger partial charge in [-0.25, -0.2) is 0 Å². The summed E-state index contributed by atoms with van der Waals surface area (Å²) >= 11 is 0. The average Bonchev–Trinajstić information content (AvgIpc) is 3.21. The molecule has 0 radical (unpaired) electrons. The highest BCUT2D eigenvalue weighted by Crippen LogP contribution is 2.29. The number of aromatic nitrogens is 1. The molecule has 0 fully saturated rings. The minimum absolute atomic E-state index is 0.0374. The molecule has 1 heterocycles. The van der Waals surface area contributed by atoms with Crippen LogP contribution in [-0.4, -0.2) is 10.9 Å². The third kappa shape index (κ3) is 4.46. The maximum Gasteiger partial charge on any atom is 0.224 e. The number of aromatic amines is 1. The summed E-state index contributed by atoms with van der Waals surface area (Å²) in [5.74, 6) is 0.0374. The van der Waals surface area contributed by atoms with E-state index in [1.165, 1.54) is 22.1 Å². The van der Waals surface area contributed by atoms with Gasteiger partial charge in [0.25, 0.3) is 0 Å². The zero-order valence-electron chi connectivity index (χ0n) is 17.8. The van der Waals surface area contributed by atoms with Crippen LogP contribution in [0.1, 0.15) is 38.3 Å². The van der Waals surface area contributed by atoms with Crippen molar-refractivity contribution >= 4 is 22.5 Å². The third-order valence-corrected chi connectivity index (χ3v) is 5.54. The van der Waals surface area contributed by atoms with Crippen molar-refractivity contribution < 1.29 is 4.79 Å². The predicted octanol–water partition coefficient (Wildman–Crippen LogP) is 6.70. The van der Waals surface area contributed by atoms with Crippen molar-refractivity contribution in [3.05, 3.63) is 90.1 Å². The van der Waals surface area contributed by atoms with Crippen LogP contribution in [0.3, 0.4) is 0 Å². The molecule has 0 saturated heterocycles. The van der Waals surface area contributed by atoms with Crippen LogP contribution in [0.15, 0.2) is 79.0 Å². The predicted molar refractivity (Wildman–Crippen MR) is 126 cm³/mol. The molecule has 0 aliphatic rings. The van der Waals surface area contributed by atoms with Gasteiger partial charge in [0.2, 0.25) is 5.91 Å². The second kappa shape index (κ2) is 8.19. The van der Waals surface area contributed by atoms with Gasteiger partial charge in [-0.05, 0) is 58.4 Å². The number of carbonyl (C=O) groups is 1. The summed E-state index contributed by atoms with van der Waals surface area (Å²) in [5.41, 5.74) is 6.92. The van der Waals surface area contributed by atoms with E-state index in [9.17, 15) is 4.79 Å². The van der Waals surface area contributed by atoms with E-state index in [-0.39, 0.29) is 11.3 Å². The second-order valence-electron chi connectivity index (χ2n) is 8.82. The molecule has 0 saturated carbocycles. The van der Waals surface area contributed by atoms with E-state index in [1.54, 1.807) is 0 Å². The van der Waals surface area contributed by atoms with Gasteiger partial charge in [-0.15, -0.1) is 0 Å². The summed E-state index contributed by atoms with van der Waals surface area (Å²) in [5, 5.41) is 4.21. The minimum atomic E-state index is 0.0374. The summed E-state index contributed by atoms with van der Waals surface area (Å²) in [6.07, 6.45) is 3.17. The molecule has 1 aromatic heterocycles. The third-order valence-electron chi connectivity index (χ3n) is 5.54. The van der Waals surface area contributed by atoms with Crippen molar-refractivity contribution in [1.29, 1.82) is 0 Å². The molecule has 0 spiro atoms. The summed E-state index contributed by atoms with van der Waals surface area (Å²) in [4.78, 5) is 15.6. The number of rotatable bonds is 5. The Kier molecular flexibility index (Phi) is 5.45. The smallest absolute Gasteiger partial charge is 0.224 e. The number of fused-ring (bicyclic) bond motifs is 1. The number of hydrogen-bond donors (Lipinski definition) is 2. The lowest BCUT2D eigenvalue weighted by Crippen LogP contribution is -2.13. The van der Waals surface area contributed by atoms with Crippen molar-refractivity contribution in [2.24, 2.45) is 0 Å². The molecule has 1 amide bonds. The van der Waals surface area contributed by atoms with Gasteiger partial charge in [-0.3, -0.25) is 4.79 Å². The first-order chi connectivity index (χ1) is 14.4. The number of anilines is 1. The Bertz CT molecular complexity index is 1150. The fourth-order valence-corrected chi connectivity index (χ4v) is 3.72. The number of H-pyrrole nitrogens is 1. The standard InChI is InChI=1S/C27H28N2O/c1-27(2,3)21-12-7-19(8-13-21)9-16-26(30)29-22-14-10-20(11-15-22)23-5-4-6-25-24(23)17-18-28-25/h4-8,10-15,17-18,28H,9,16H2,1-3H3,(H,29,30). The van der Waals surface area contributed by atoms with Gasteiger partial charge in [-0.2, -0.15) is 0 Å². The largest absolute Gasteiger partial charge is 0.361 e. The quantitative estimate of drug-likeness (QED) is 0.387. The molecule has 2 N–H and O–H groups in total. The highest BCUT2D eigenvalue weighted by atomic mass is 16.1. The van der Waals surface area contributed by atoms with E-state index in [0.717, 1.165) is 23.2 Å². The Morgan fingerprint density at radius 3 is 2.33 bits per heavy atom. The molecule has 30 heavy (non-hydrogen) atoms. The van der Waals surface area contributed by atoms with E-state index >= 15 is 0 Å². The molecule has 4 aromatic rings. The summed E-state index contributed by atoms with van der Waals surface area (Å²) in [7, 11) is 0. The van der Waals surface area contributed by atoms with Crippen LogP contribution in [0.5, 0.6) is 0 Å². The highest BCUT2D eigenvalue weighted by molar-refractivity contribution is 5.96. The van der Waals surface area contributed by atoms with Gasteiger partial charge in [0.05, 0.1) is 0 Å². The molecule has 3 aromatic carbocycles. The first-order valence-electron chi connectivity index (χ1n) is 10.5. The van der Waals surface area contributed by atoms with Crippen LogP contribution in [0.25, 0.3) is 22.0 Å². The average molecular weight is 397 g/mol. The van der Waals surface area contributed by atoms with Crippen LogP contribution in [0.4, 0.5) is 5.69 Å². The van der Waals surface area contributed by atoms with E-state index in [4.69, 9.17) is 0 Å². The number of hydrogen-bond acceptors (Lipinski definition) is 1. The zero-order chi connectivity index (χ0) is 21.1. The van der Waals surface area contributed by atoms with Crippen molar-refractivity contribution in [3.63, 3.8) is 0 Å². The highest BCUT2D eigenvalue weighted by Gasteiger charge is 2.13. The normalized spacial score (nSPS) is 11.6. The summed E-state index contributed by atoms with van der Waals surface area (Å²) in [6.45, 7) is 6.62. The van der Waals surface area contributed by atoms with Gasteiger partial charge in [0.15, 0.2) is 0 Å². The lowest BCUT2D eigenvalue weighted by atomic mass is 9.86. The maximum atomic E-state index is 12.4. The SMILES string of the molecule is CC(C)(C)c1ccc(CCC(=O)Nc2ccc(-c3cccc4[nH]ccc34)cc2)cc1. The molecule has 0 unspecified atom stereocenters. The summed E-state index contributed by atoms with van der Waals surface area (Å²) < 4.78 is 0. The Labute approximate surface area is 178 Å². The van der Waals surface area contributed by atoms with Crippen LogP contribution in [0.2, 0.25) is 0 Å². The molecule has 0 bridgehead atoms. The van der Waals surface area contributed by atoms with E-state index in [0.29, 0.717) is 6.42 Å². The number of benzene rings is 3. The first kappa shape index (κ1) is 20.0. The van der Waals surface area contributed by atoms with Crippen molar-refractivity contribution in [3.8, 4) is 11.1 Å². The van der Waals surface area contributed by atoms with Gasteiger partial charge in [0, 0.05) is 29.2 Å². The van der Waals surface area contributed by atoms with Gasteiger partial charge < -0.3 is 10.3 Å². The van der Waals surface area contributed by atoms with Crippen molar-refractivity contribution in [1.82, 2.24) is 4.98 Å². The molecule has 3 nitrogen and oxygen atoms in total. The van der Waals surface area contributed by atoms with Crippen LogP contribution >= 0.6 is 0 Å². The topological polar surface area (TPSA) is 44.9 Å². The fraction of sp³-hybridized carbons (Fsp3) is 0.222. The van der Waals surface area contributed by atoms with Crippen LogP contribution in [-0.2, 0) is 16.6 Å². The van der Waals surface area contributed by atoms with Crippen LogP contribution in [0, 0.1) is 0 Å². The maximum absolute atomic E-state index is 12.4. The molecular weight excluding hydrogens is 368 g/mol. The molecule has 152 valence electrons. The van der Waals surface area contributed by atoms with E-state index < -0.39 is 0 Å². The first-order valence-corrected chi connectivity index (χ1v) is 10.5. The summed E-state index contributed by atoms with van der Waals surface area (Å²) in [6, 6.07) is 25.0. The number of carbonyl (C=O) groups excluding carboxylic acids is 1. The minimum Gasteiger partial charge on any atom is -0.361 e. The molecular formula is C27H28N2O. The lowest BCUT2D eigenvalue weighted by molar-refractivity contribution is -0.116. The fourth-order valence-electron chi connectivity index (χ4n) is 3.72. The van der Waals surface area contributed by atoms with Crippen molar-refractivity contribution in [2.75, 3.05) is 5.32 Å². The molecule has 0 atom stereocenters. The zero-order valence-corrected chi connectivity index (χ0v) is 17.8. The Morgan fingerprint density at radius 1 is 0.900 bits per heavy atom. The van der Waals surface area contributed by atoms with Gasteiger partial charge in [-0.1, -0.05) is 69.3 Å². The second-order valence-corrected chi connectivity index (χ2v) is 8.82. The van der Waals surface area contributed by atoms with E-state index in [1.807, 2.05) is 18.3 Å². The van der Waals surface area contributed by atoms with E-state index in [2.05, 4.69) is 91.7 Å². The monoisotopic (exact) mass is 396 g/mol. The lowest BCUT2D eigenvalue weighted by Gasteiger charge is -2.19. The Morgan fingerprint density at radius 2 is 1.63 bits per heavy atom. The van der Waals surface area contributed by atoms with Crippen molar-refractivity contribution in [2.45, 2.75) is 39.0 Å². The number of nitrogens with one attached hydrogen (secondary N) is 2. The number of aryl methyl sites for hydroxylation is 1. The molecule has 0 aliphatic carbocycles. The van der Waals surface area contributed by atoms with Gasteiger partial charge in [0.1, 0.15) is 0 Å². The molecule has 0 aliphatic heterocycles. The molecule has 3 heteroatoms. The van der Waals surface area contributed by atoms with Crippen LogP contribution < -0.4 is 5.32 Å². The molecule has 4 rings (SSSR count). The van der Waals surface area contributed by atoms with Gasteiger partial charge >= 0.3 is 0 Å².